The molecule has 2 aromatic rings. The van der Waals surface area contributed by atoms with Gasteiger partial charge in [-0.05, 0) is 30.5 Å². The number of nitrogens with one attached hydrogen (secondary N) is 1. The van der Waals surface area contributed by atoms with E-state index in [-0.39, 0.29) is 6.10 Å². The van der Waals surface area contributed by atoms with Crippen molar-refractivity contribution in [3.8, 4) is 0 Å². The minimum absolute atomic E-state index is 0.210. The Labute approximate surface area is 114 Å². The summed E-state index contributed by atoms with van der Waals surface area (Å²) in [6.07, 6.45) is 3.03. The number of halogens is 1. The summed E-state index contributed by atoms with van der Waals surface area (Å²) in [5, 5.41) is 9.63. The molecular weight excluding hydrogens is 292 g/mol. The lowest BCUT2D eigenvalue weighted by Gasteiger charge is -2.14. The third kappa shape index (κ3) is 2.49. The topological polar surface area (TPSA) is 48.9 Å². The van der Waals surface area contributed by atoms with Gasteiger partial charge in [-0.2, -0.15) is 0 Å². The van der Waals surface area contributed by atoms with Crippen molar-refractivity contribution < 1.29 is 5.11 Å². The Morgan fingerprint density at radius 3 is 2.89 bits per heavy atom. The Kier molecular flexibility index (Phi) is 3.22. The normalized spacial score (nSPS) is 18.7. The van der Waals surface area contributed by atoms with E-state index in [0.717, 1.165) is 40.9 Å². The molecule has 1 aromatic carbocycles. The van der Waals surface area contributed by atoms with Gasteiger partial charge in [-0.15, -0.1) is 0 Å². The second-order valence-corrected chi connectivity index (χ2v) is 5.72. The maximum atomic E-state index is 9.63. The summed E-state index contributed by atoms with van der Waals surface area (Å²) >= 11 is 3.43. The quantitative estimate of drug-likeness (QED) is 0.896. The number of imidazole rings is 1. The van der Waals surface area contributed by atoms with E-state index in [1.807, 2.05) is 12.1 Å². The zero-order valence-corrected chi connectivity index (χ0v) is 11.6. The minimum atomic E-state index is -0.210. The summed E-state index contributed by atoms with van der Waals surface area (Å²) in [4.78, 5) is 7.97. The van der Waals surface area contributed by atoms with Crippen LogP contribution in [0.15, 0.2) is 28.7 Å². The van der Waals surface area contributed by atoms with Gasteiger partial charge < -0.3 is 10.1 Å². The fraction of sp³-hybridized carbons (Fsp3) is 0.357. The molecule has 0 amide bonds. The molecule has 0 aliphatic heterocycles. The monoisotopic (exact) mass is 306 g/mol. The van der Waals surface area contributed by atoms with Crippen molar-refractivity contribution >= 4 is 15.9 Å². The first-order valence-electron chi connectivity index (χ1n) is 6.20. The fourth-order valence-electron chi connectivity index (χ4n) is 2.40. The number of benzene rings is 1. The summed E-state index contributed by atoms with van der Waals surface area (Å²) in [6, 6.07) is 8.28. The number of rotatable bonds is 2. The van der Waals surface area contributed by atoms with Crippen LogP contribution >= 0.6 is 15.9 Å². The molecule has 3 nitrogen and oxygen atoms in total. The van der Waals surface area contributed by atoms with Crippen LogP contribution in [-0.2, 0) is 19.3 Å². The predicted molar refractivity (Wildman–Crippen MR) is 73.6 cm³/mol. The van der Waals surface area contributed by atoms with Crippen LogP contribution in [-0.4, -0.2) is 21.2 Å². The molecule has 0 fully saturated rings. The Balaban J connectivity index is 1.79. The van der Waals surface area contributed by atoms with E-state index in [1.54, 1.807) is 0 Å². The molecule has 0 saturated heterocycles. The molecule has 1 heterocycles. The largest absolute Gasteiger partial charge is 0.393 e. The highest BCUT2D eigenvalue weighted by molar-refractivity contribution is 9.10. The van der Waals surface area contributed by atoms with Crippen molar-refractivity contribution in [3.05, 3.63) is 51.5 Å². The van der Waals surface area contributed by atoms with Crippen molar-refractivity contribution in [2.45, 2.75) is 31.8 Å². The van der Waals surface area contributed by atoms with Crippen LogP contribution in [0.1, 0.15) is 29.2 Å². The summed E-state index contributed by atoms with van der Waals surface area (Å²) in [6.45, 7) is 0. The van der Waals surface area contributed by atoms with Crippen LogP contribution in [0.5, 0.6) is 0 Å². The first-order valence-corrected chi connectivity index (χ1v) is 6.99. The van der Waals surface area contributed by atoms with E-state index in [0.29, 0.717) is 6.42 Å². The zero-order valence-electron chi connectivity index (χ0n) is 9.99. The molecule has 4 heteroatoms. The second kappa shape index (κ2) is 4.86. The summed E-state index contributed by atoms with van der Waals surface area (Å²) in [5.74, 6) is 0.997. The third-order valence-corrected chi connectivity index (χ3v) is 3.88. The van der Waals surface area contributed by atoms with Gasteiger partial charge in [-0.1, -0.05) is 28.1 Å². The van der Waals surface area contributed by atoms with Gasteiger partial charge in [0.2, 0.25) is 0 Å². The average Bonchev–Trinajstić information content (AvgIpc) is 2.73. The summed E-state index contributed by atoms with van der Waals surface area (Å²) < 4.78 is 1.09. The fourth-order valence-corrected chi connectivity index (χ4v) is 2.66. The van der Waals surface area contributed by atoms with Gasteiger partial charge in [0.05, 0.1) is 11.8 Å². The number of hydrogen-bond acceptors (Lipinski definition) is 2. The second-order valence-electron chi connectivity index (χ2n) is 4.81. The molecule has 1 unspecified atom stereocenters. The van der Waals surface area contributed by atoms with Crippen LogP contribution < -0.4 is 0 Å². The summed E-state index contributed by atoms with van der Waals surface area (Å²) in [5.41, 5.74) is 3.48. The minimum Gasteiger partial charge on any atom is -0.393 e. The smallest absolute Gasteiger partial charge is 0.110 e. The molecule has 2 N–H and O–H groups in total. The Bertz CT molecular complexity index is 547. The Hall–Kier alpha value is -1.13. The van der Waals surface area contributed by atoms with Crippen molar-refractivity contribution in [2.75, 3.05) is 0 Å². The van der Waals surface area contributed by atoms with Gasteiger partial charge >= 0.3 is 0 Å². The van der Waals surface area contributed by atoms with Crippen molar-refractivity contribution in [1.29, 1.82) is 0 Å². The molecule has 1 aromatic heterocycles. The predicted octanol–water partition coefficient (Wildman–Crippen LogP) is 2.61. The van der Waals surface area contributed by atoms with E-state index in [4.69, 9.17) is 0 Å². The van der Waals surface area contributed by atoms with Crippen LogP contribution in [0.3, 0.4) is 0 Å². The van der Waals surface area contributed by atoms with E-state index >= 15 is 0 Å². The van der Waals surface area contributed by atoms with Crippen molar-refractivity contribution in [3.63, 3.8) is 0 Å². The molecule has 94 valence electrons. The van der Waals surface area contributed by atoms with Crippen LogP contribution in [0.25, 0.3) is 0 Å². The summed E-state index contributed by atoms with van der Waals surface area (Å²) in [7, 11) is 0. The lowest BCUT2D eigenvalue weighted by molar-refractivity contribution is 0.157. The Morgan fingerprint density at radius 2 is 2.11 bits per heavy atom. The van der Waals surface area contributed by atoms with Gasteiger partial charge in [0.1, 0.15) is 5.82 Å². The maximum Gasteiger partial charge on any atom is 0.110 e. The SMILES string of the molecule is OC1CCc2nc(Cc3ccc(Br)cc3)[nH]c2C1. The molecule has 18 heavy (non-hydrogen) atoms. The third-order valence-electron chi connectivity index (χ3n) is 3.35. The molecule has 1 aliphatic carbocycles. The zero-order chi connectivity index (χ0) is 12.5. The number of aryl methyl sites for hydroxylation is 1. The molecule has 0 radical (unpaired) electrons. The number of nitrogens with zero attached hydrogens (tertiary/aromatic N) is 1. The molecule has 1 atom stereocenters. The van der Waals surface area contributed by atoms with E-state index in [9.17, 15) is 5.11 Å². The van der Waals surface area contributed by atoms with Crippen molar-refractivity contribution in [2.24, 2.45) is 0 Å². The first-order chi connectivity index (χ1) is 8.70. The van der Waals surface area contributed by atoms with Gasteiger partial charge in [0, 0.05) is 23.0 Å². The molecule has 0 saturated carbocycles. The number of hydrogen-bond donors (Lipinski definition) is 2. The number of aliphatic hydroxyl groups is 1. The van der Waals surface area contributed by atoms with Gasteiger partial charge in [-0.25, -0.2) is 4.98 Å². The first kappa shape index (κ1) is 11.9. The number of aliphatic hydroxyl groups excluding tert-OH is 1. The highest BCUT2D eigenvalue weighted by Gasteiger charge is 2.20. The van der Waals surface area contributed by atoms with Gasteiger partial charge in [0.25, 0.3) is 0 Å². The van der Waals surface area contributed by atoms with E-state index in [2.05, 4.69) is 38.0 Å². The molecule has 0 bridgehead atoms. The van der Waals surface area contributed by atoms with Crippen LogP contribution in [0, 0.1) is 0 Å². The standard InChI is InChI=1S/C14H15BrN2O/c15-10-3-1-9(2-4-10)7-14-16-12-6-5-11(18)8-13(12)17-14/h1-4,11,18H,5-8H2,(H,16,17). The van der Waals surface area contributed by atoms with Crippen molar-refractivity contribution in [1.82, 2.24) is 9.97 Å². The van der Waals surface area contributed by atoms with Gasteiger partial charge in [-0.3, -0.25) is 0 Å². The van der Waals surface area contributed by atoms with E-state index < -0.39 is 0 Å². The molecule has 0 spiro atoms. The molecular formula is C14H15BrN2O. The van der Waals surface area contributed by atoms with E-state index in [1.165, 1.54) is 5.56 Å². The number of fused-ring (bicyclic) bond motifs is 1. The van der Waals surface area contributed by atoms with Crippen LogP contribution in [0.2, 0.25) is 0 Å². The highest BCUT2D eigenvalue weighted by Crippen LogP contribution is 2.20. The Morgan fingerprint density at radius 1 is 1.33 bits per heavy atom. The van der Waals surface area contributed by atoms with Gasteiger partial charge in [0.15, 0.2) is 0 Å². The molecule has 1 aliphatic rings. The lowest BCUT2D eigenvalue weighted by atomic mass is 9.99. The molecule has 3 rings (SSSR count). The maximum absolute atomic E-state index is 9.63. The highest BCUT2D eigenvalue weighted by atomic mass is 79.9. The average molecular weight is 307 g/mol. The lowest BCUT2D eigenvalue weighted by Crippen LogP contribution is -2.18. The number of aromatic amines is 1. The number of aromatic nitrogens is 2. The van der Waals surface area contributed by atoms with Crippen LogP contribution in [0.4, 0.5) is 0 Å². The number of H-pyrrole nitrogens is 1.